The highest BCUT2D eigenvalue weighted by Gasteiger charge is 2.30. The number of benzene rings is 2. The molecule has 0 amide bonds. The Kier molecular flexibility index (Phi) is 5.69. The zero-order valence-corrected chi connectivity index (χ0v) is 13.1. The fourth-order valence-corrected chi connectivity index (χ4v) is 1.90. The molecule has 0 radical (unpaired) electrons. The van der Waals surface area contributed by atoms with E-state index in [1.54, 1.807) is 31.2 Å². The first-order chi connectivity index (χ1) is 11.7. The van der Waals surface area contributed by atoms with E-state index in [0.29, 0.717) is 11.5 Å². The zero-order chi connectivity index (χ0) is 18.4. The molecule has 0 bridgehead atoms. The van der Waals surface area contributed by atoms with Crippen LogP contribution in [0.3, 0.4) is 0 Å². The summed E-state index contributed by atoms with van der Waals surface area (Å²) >= 11 is 0. The van der Waals surface area contributed by atoms with Gasteiger partial charge in [-0.15, -0.1) is 0 Å². The lowest BCUT2D eigenvalue weighted by Gasteiger charge is -2.12. The molecule has 1 atom stereocenters. The van der Waals surface area contributed by atoms with E-state index in [0.717, 1.165) is 18.2 Å². The molecule has 2 aromatic rings. The molecule has 0 saturated heterocycles. The monoisotopic (exact) mass is 351 g/mol. The van der Waals surface area contributed by atoms with Gasteiger partial charge in [-0.25, -0.2) is 0 Å². The largest absolute Gasteiger partial charge is 0.545 e. The molecule has 0 aliphatic rings. The van der Waals surface area contributed by atoms with Crippen molar-refractivity contribution >= 4 is 5.97 Å². The van der Waals surface area contributed by atoms with Crippen LogP contribution in [0.4, 0.5) is 13.2 Å². The summed E-state index contributed by atoms with van der Waals surface area (Å²) in [4.78, 5) is 10.3. The number of carboxylic acids is 1. The topological polar surface area (TPSA) is 58.6 Å². The van der Waals surface area contributed by atoms with Crippen molar-refractivity contribution < 1.29 is 32.5 Å². The van der Waals surface area contributed by atoms with Gasteiger partial charge in [-0.2, -0.15) is 13.2 Å². The molecule has 0 aromatic heterocycles. The molecule has 0 spiro atoms. The molecule has 0 fully saturated rings. The lowest BCUT2D eigenvalue weighted by molar-refractivity contribution is -0.297. The first kappa shape index (κ1) is 18.4. The Labute approximate surface area is 142 Å². The maximum absolute atomic E-state index is 12.5. The van der Waals surface area contributed by atoms with Crippen LogP contribution in [0.1, 0.15) is 12.5 Å². The highest BCUT2D eigenvalue weighted by Crippen LogP contribution is 2.31. The summed E-state index contributed by atoms with van der Waals surface area (Å²) in [6.07, 6.45) is -2.65. The van der Waals surface area contributed by atoms with Crippen LogP contribution in [-0.2, 0) is 11.0 Å². The number of hydrogen-bond donors (Lipinski definition) is 0. The fraction of sp³-hybridized carbons (Fsp3) is 0.167. The second-order valence-corrected chi connectivity index (χ2v) is 5.10. The Hall–Kier alpha value is -2.96. The van der Waals surface area contributed by atoms with Crippen LogP contribution in [0.15, 0.2) is 60.7 Å². The summed E-state index contributed by atoms with van der Waals surface area (Å²) in [6.45, 7) is 1.66. The third kappa shape index (κ3) is 5.87. The average Bonchev–Trinajstić information content (AvgIpc) is 2.54. The van der Waals surface area contributed by atoms with Crippen molar-refractivity contribution in [3.8, 4) is 17.2 Å². The predicted molar refractivity (Wildman–Crippen MR) is 82.2 cm³/mol. The highest BCUT2D eigenvalue weighted by molar-refractivity contribution is 5.77. The van der Waals surface area contributed by atoms with Crippen molar-refractivity contribution in [1.29, 1.82) is 0 Å². The van der Waals surface area contributed by atoms with Gasteiger partial charge in [0, 0.05) is 0 Å². The summed E-state index contributed by atoms with van der Waals surface area (Å²) < 4.78 is 48.4. The maximum Gasteiger partial charge on any atom is 0.416 e. The number of carbonyl (C=O) groups excluding carboxylic acids is 1. The van der Waals surface area contributed by atoms with Crippen molar-refractivity contribution in [3.05, 3.63) is 66.2 Å². The van der Waals surface area contributed by atoms with Crippen molar-refractivity contribution in [2.45, 2.75) is 19.2 Å². The fourth-order valence-electron chi connectivity index (χ4n) is 1.90. The standard InChI is InChI=1S/C18H15F3O4/c1-12(2-11-17(22)23)24-14-7-9-16(10-8-14)25-15-5-3-13(4-6-15)18(19,20)21/h2-12H,1H3,(H,22,23)/p-1/b11-2+. The van der Waals surface area contributed by atoms with Crippen LogP contribution in [0.5, 0.6) is 17.2 Å². The van der Waals surface area contributed by atoms with Gasteiger partial charge in [-0.3, -0.25) is 0 Å². The van der Waals surface area contributed by atoms with Gasteiger partial charge in [-0.1, -0.05) is 0 Å². The first-order valence-corrected chi connectivity index (χ1v) is 7.25. The van der Waals surface area contributed by atoms with Crippen LogP contribution in [0.25, 0.3) is 0 Å². The molecular formula is C18H14F3O4-. The number of alkyl halides is 3. The van der Waals surface area contributed by atoms with E-state index in [1.165, 1.54) is 18.2 Å². The normalized spacial score (nSPS) is 12.8. The number of ether oxygens (including phenoxy) is 2. The minimum atomic E-state index is -4.39. The summed E-state index contributed by atoms with van der Waals surface area (Å²) in [7, 11) is 0. The maximum atomic E-state index is 12.5. The van der Waals surface area contributed by atoms with Crippen LogP contribution in [0, 0.1) is 0 Å². The second-order valence-electron chi connectivity index (χ2n) is 5.10. The molecule has 0 saturated carbocycles. The quantitative estimate of drug-likeness (QED) is 0.747. The number of halogens is 3. The molecule has 0 aliphatic heterocycles. The Morgan fingerprint density at radius 2 is 1.48 bits per heavy atom. The molecule has 25 heavy (non-hydrogen) atoms. The summed E-state index contributed by atoms with van der Waals surface area (Å²) in [5.74, 6) is -0.136. The van der Waals surface area contributed by atoms with Gasteiger partial charge in [0.15, 0.2) is 0 Å². The van der Waals surface area contributed by atoms with Gasteiger partial charge in [0.25, 0.3) is 0 Å². The van der Waals surface area contributed by atoms with Gasteiger partial charge in [0.2, 0.25) is 0 Å². The van der Waals surface area contributed by atoms with Gasteiger partial charge in [-0.05, 0) is 67.6 Å². The third-order valence-corrected chi connectivity index (χ3v) is 3.07. The van der Waals surface area contributed by atoms with Crippen LogP contribution in [0.2, 0.25) is 0 Å². The van der Waals surface area contributed by atoms with Gasteiger partial charge in [0.1, 0.15) is 23.4 Å². The summed E-state index contributed by atoms with van der Waals surface area (Å²) in [5.41, 5.74) is -0.748. The number of aliphatic carboxylic acids is 1. The van der Waals surface area contributed by atoms with E-state index in [4.69, 9.17) is 9.47 Å². The number of hydrogen-bond acceptors (Lipinski definition) is 4. The number of carboxylic acid groups (broad SMARTS) is 1. The van der Waals surface area contributed by atoms with Gasteiger partial charge in [0.05, 0.1) is 11.5 Å². The Morgan fingerprint density at radius 3 is 1.96 bits per heavy atom. The van der Waals surface area contributed by atoms with Crippen molar-refractivity contribution in [1.82, 2.24) is 0 Å². The Morgan fingerprint density at radius 1 is 1.00 bits per heavy atom. The summed E-state index contributed by atoms with van der Waals surface area (Å²) in [5, 5.41) is 10.3. The molecule has 0 heterocycles. The van der Waals surface area contributed by atoms with Gasteiger partial charge < -0.3 is 19.4 Å². The van der Waals surface area contributed by atoms with E-state index >= 15 is 0 Å². The number of rotatable bonds is 6. The molecule has 2 aromatic carbocycles. The van der Waals surface area contributed by atoms with E-state index in [1.807, 2.05) is 0 Å². The average molecular weight is 351 g/mol. The molecule has 4 nitrogen and oxygen atoms in total. The van der Waals surface area contributed by atoms with Crippen LogP contribution in [-0.4, -0.2) is 12.1 Å². The van der Waals surface area contributed by atoms with Crippen LogP contribution < -0.4 is 14.6 Å². The lowest BCUT2D eigenvalue weighted by atomic mass is 10.2. The molecule has 7 heteroatoms. The van der Waals surface area contributed by atoms with Crippen LogP contribution >= 0.6 is 0 Å². The lowest BCUT2D eigenvalue weighted by Crippen LogP contribution is -2.20. The van der Waals surface area contributed by atoms with Crippen molar-refractivity contribution in [2.75, 3.05) is 0 Å². The second kappa shape index (κ2) is 7.74. The number of carbonyl (C=O) groups is 1. The molecular weight excluding hydrogens is 337 g/mol. The minimum absolute atomic E-state index is 0.270. The van der Waals surface area contributed by atoms with Crippen molar-refractivity contribution in [2.24, 2.45) is 0 Å². The molecule has 2 rings (SSSR count). The van der Waals surface area contributed by atoms with E-state index in [2.05, 4.69) is 0 Å². The summed E-state index contributed by atoms with van der Waals surface area (Å²) in [6, 6.07) is 10.7. The highest BCUT2D eigenvalue weighted by atomic mass is 19.4. The van der Waals surface area contributed by atoms with E-state index in [9.17, 15) is 23.1 Å². The molecule has 0 aliphatic carbocycles. The molecule has 0 N–H and O–H groups in total. The van der Waals surface area contributed by atoms with Crippen molar-refractivity contribution in [3.63, 3.8) is 0 Å². The van der Waals surface area contributed by atoms with Gasteiger partial charge >= 0.3 is 6.18 Å². The molecule has 132 valence electrons. The Balaban J connectivity index is 1.97. The molecule has 1 unspecified atom stereocenters. The smallest absolute Gasteiger partial charge is 0.416 e. The van der Waals surface area contributed by atoms with E-state index in [-0.39, 0.29) is 5.75 Å². The van der Waals surface area contributed by atoms with E-state index < -0.39 is 23.8 Å². The third-order valence-electron chi connectivity index (χ3n) is 3.07. The Bertz CT molecular complexity index is 734. The predicted octanol–water partition coefficient (Wildman–Crippen LogP) is 3.57. The SMILES string of the molecule is CC(/C=C/C(=O)[O-])Oc1ccc(Oc2ccc(C(F)(F)F)cc2)cc1. The minimum Gasteiger partial charge on any atom is -0.545 e. The zero-order valence-electron chi connectivity index (χ0n) is 13.1. The first-order valence-electron chi connectivity index (χ1n) is 7.25.